The predicted octanol–water partition coefficient (Wildman–Crippen LogP) is 0.111. The van der Waals surface area contributed by atoms with E-state index in [0.717, 1.165) is 52.1 Å². The molecule has 2 amide bonds. The van der Waals surface area contributed by atoms with Crippen LogP contribution in [0.15, 0.2) is 0 Å². The fourth-order valence-corrected chi connectivity index (χ4v) is 3.40. The lowest BCUT2D eigenvalue weighted by Gasteiger charge is -2.36. The molecule has 0 radical (unpaired) electrons. The number of ether oxygens (including phenoxy) is 1. The van der Waals surface area contributed by atoms with Crippen molar-refractivity contribution in [1.82, 2.24) is 19.6 Å². The van der Waals surface area contributed by atoms with E-state index in [0.29, 0.717) is 39.4 Å². The lowest BCUT2D eigenvalue weighted by Crippen LogP contribution is -2.53. The Hall–Kier alpha value is -1.18. The van der Waals surface area contributed by atoms with Gasteiger partial charge in [-0.05, 0) is 12.8 Å². The minimum Gasteiger partial charge on any atom is -0.378 e. The van der Waals surface area contributed by atoms with Crippen LogP contribution >= 0.6 is 0 Å². The van der Waals surface area contributed by atoms with Crippen molar-refractivity contribution in [3.05, 3.63) is 0 Å². The van der Waals surface area contributed by atoms with E-state index in [1.807, 2.05) is 9.80 Å². The third kappa shape index (κ3) is 6.56. The van der Waals surface area contributed by atoms with Crippen LogP contribution in [0.2, 0.25) is 0 Å². The van der Waals surface area contributed by atoms with Crippen LogP contribution < -0.4 is 0 Å². The van der Waals surface area contributed by atoms with Crippen LogP contribution in [0.25, 0.3) is 0 Å². The summed E-state index contributed by atoms with van der Waals surface area (Å²) in [6.45, 7) is 13.0. The van der Waals surface area contributed by atoms with Gasteiger partial charge in [-0.1, -0.05) is 13.8 Å². The van der Waals surface area contributed by atoms with Crippen molar-refractivity contribution in [2.75, 3.05) is 78.7 Å². The molecule has 0 aromatic carbocycles. The Morgan fingerprint density at radius 2 is 1.36 bits per heavy atom. The molecule has 2 saturated heterocycles. The van der Waals surface area contributed by atoms with Gasteiger partial charge < -0.3 is 14.5 Å². The fourth-order valence-electron chi connectivity index (χ4n) is 3.40. The highest BCUT2D eigenvalue weighted by Gasteiger charge is 2.24. The van der Waals surface area contributed by atoms with E-state index in [9.17, 15) is 9.59 Å². The molecule has 2 aliphatic heterocycles. The topological polar surface area (TPSA) is 56.3 Å². The maximum absolute atomic E-state index is 12.5. The molecule has 0 saturated carbocycles. The van der Waals surface area contributed by atoms with Crippen molar-refractivity contribution in [2.24, 2.45) is 0 Å². The van der Waals surface area contributed by atoms with Crippen LogP contribution in [-0.4, -0.2) is 110 Å². The predicted molar refractivity (Wildman–Crippen MR) is 97.4 cm³/mol. The number of nitrogens with zero attached hydrogens (tertiary/aromatic N) is 4. The number of morpholine rings is 1. The second-order valence-electron chi connectivity index (χ2n) is 6.93. The molecule has 25 heavy (non-hydrogen) atoms. The van der Waals surface area contributed by atoms with Crippen molar-refractivity contribution in [3.8, 4) is 0 Å². The zero-order valence-electron chi connectivity index (χ0n) is 15.9. The summed E-state index contributed by atoms with van der Waals surface area (Å²) in [5, 5.41) is 0. The minimum atomic E-state index is 0.199. The van der Waals surface area contributed by atoms with Crippen LogP contribution in [0.5, 0.6) is 0 Å². The summed E-state index contributed by atoms with van der Waals surface area (Å²) in [7, 11) is 0. The monoisotopic (exact) mass is 354 g/mol. The van der Waals surface area contributed by atoms with Gasteiger partial charge in [-0.25, -0.2) is 0 Å². The van der Waals surface area contributed by atoms with Gasteiger partial charge in [0.05, 0.1) is 26.3 Å². The minimum absolute atomic E-state index is 0.199. The smallest absolute Gasteiger partial charge is 0.236 e. The summed E-state index contributed by atoms with van der Waals surface area (Å²) in [5.41, 5.74) is 0. The number of carbonyl (C=O) groups is 2. The molecule has 0 aromatic heterocycles. The summed E-state index contributed by atoms with van der Waals surface area (Å²) in [6.07, 6.45) is 2.01. The maximum Gasteiger partial charge on any atom is 0.236 e. The van der Waals surface area contributed by atoms with Gasteiger partial charge in [-0.3, -0.25) is 19.4 Å². The first-order valence-corrected chi connectivity index (χ1v) is 9.72. The molecular formula is C18H34N4O3. The van der Waals surface area contributed by atoms with Crippen molar-refractivity contribution in [2.45, 2.75) is 26.7 Å². The van der Waals surface area contributed by atoms with E-state index in [4.69, 9.17) is 4.74 Å². The second kappa shape index (κ2) is 10.7. The van der Waals surface area contributed by atoms with Gasteiger partial charge in [-0.2, -0.15) is 0 Å². The average Bonchev–Trinajstić information content (AvgIpc) is 2.64. The van der Waals surface area contributed by atoms with Crippen LogP contribution in [-0.2, 0) is 14.3 Å². The Labute approximate surface area is 151 Å². The number of hydrogen-bond acceptors (Lipinski definition) is 5. The number of piperazine rings is 1. The van der Waals surface area contributed by atoms with E-state index >= 15 is 0 Å². The summed E-state index contributed by atoms with van der Waals surface area (Å²) in [6, 6.07) is 0. The molecule has 0 aliphatic carbocycles. The van der Waals surface area contributed by atoms with Gasteiger partial charge in [0.25, 0.3) is 0 Å². The molecule has 0 atom stereocenters. The number of carbonyl (C=O) groups excluding carboxylic acids is 2. The van der Waals surface area contributed by atoms with Gasteiger partial charge >= 0.3 is 0 Å². The first-order valence-electron chi connectivity index (χ1n) is 9.72. The van der Waals surface area contributed by atoms with Gasteiger partial charge in [0.1, 0.15) is 0 Å². The second-order valence-corrected chi connectivity index (χ2v) is 6.93. The summed E-state index contributed by atoms with van der Waals surface area (Å²) in [4.78, 5) is 33.1. The molecule has 0 spiro atoms. The Bertz CT molecular complexity index is 413. The first kappa shape index (κ1) is 20.1. The Balaban J connectivity index is 1.69. The lowest BCUT2D eigenvalue weighted by molar-refractivity contribution is -0.138. The maximum atomic E-state index is 12.5. The SMILES string of the molecule is CCCN(CCC)C(=O)CN1CCN(CC(=O)N2CCOCC2)CC1. The lowest BCUT2D eigenvalue weighted by atomic mass is 10.2. The molecular weight excluding hydrogens is 320 g/mol. The van der Waals surface area contributed by atoms with Crippen molar-refractivity contribution >= 4 is 11.8 Å². The Kier molecular flexibility index (Phi) is 8.64. The van der Waals surface area contributed by atoms with Crippen LogP contribution in [0.3, 0.4) is 0 Å². The van der Waals surface area contributed by atoms with Crippen molar-refractivity contribution < 1.29 is 14.3 Å². The normalized spacial score (nSPS) is 19.8. The van der Waals surface area contributed by atoms with Crippen LogP contribution in [0.1, 0.15) is 26.7 Å². The van der Waals surface area contributed by atoms with E-state index in [1.165, 1.54) is 0 Å². The van der Waals surface area contributed by atoms with E-state index in [1.54, 1.807) is 0 Å². The van der Waals surface area contributed by atoms with Crippen molar-refractivity contribution in [3.63, 3.8) is 0 Å². The third-order valence-electron chi connectivity index (χ3n) is 4.89. The molecule has 0 aromatic rings. The molecule has 2 rings (SSSR count). The van der Waals surface area contributed by atoms with Crippen LogP contribution in [0.4, 0.5) is 0 Å². The zero-order chi connectivity index (χ0) is 18.1. The van der Waals surface area contributed by atoms with Gasteiger partial charge in [-0.15, -0.1) is 0 Å². The zero-order valence-corrected chi connectivity index (χ0v) is 15.9. The van der Waals surface area contributed by atoms with Gasteiger partial charge in [0.15, 0.2) is 0 Å². The van der Waals surface area contributed by atoms with Gasteiger partial charge in [0.2, 0.25) is 11.8 Å². The van der Waals surface area contributed by atoms with Crippen LogP contribution in [0, 0.1) is 0 Å². The van der Waals surface area contributed by atoms with Gasteiger partial charge in [0, 0.05) is 52.4 Å². The molecule has 2 aliphatic rings. The molecule has 0 N–H and O–H groups in total. The highest BCUT2D eigenvalue weighted by Crippen LogP contribution is 2.06. The largest absolute Gasteiger partial charge is 0.378 e. The number of amides is 2. The summed E-state index contributed by atoms with van der Waals surface area (Å²) >= 11 is 0. The molecule has 0 bridgehead atoms. The fraction of sp³-hybridized carbons (Fsp3) is 0.889. The summed E-state index contributed by atoms with van der Waals surface area (Å²) in [5.74, 6) is 0.437. The molecule has 2 fully saturated rings. The Morgan fingerprint density at radius 3 is 1.88 bits per heavy atom. The highest BCUT2D eigenvalue weighted by atomic mass is 16.5. The van der Waals surface area contributed by atoms with E-state index < -0.39 is 0 Å². The average molecular weight is 354 g/mol. The highest BCUT2D eigenvalue weighted by molar-refractivity contribution is 5.79. The Morgan fingerprint density at radius 1 is 0.840 bits per heavy atom. The van der Waals surface area contributed by atoms with E-state index in [-0.39, 0.29) is 11.8 Å². The standard InChI is InChI=1S/C18H34N4O3/c1-3-5-21(6-4-2)17(23)15-19-7-9-20(10-8-19)16-18(24)22-11-13-25-14-12-22/h3-16H2,1-2H3. The quantitative estimate of drug-likeness (QED) is 0.619. The number of rotatable bonds is 8. The van der Waals surface area contributed by atoms with Crippen molar-refractivity contribution in [1.29, 1.82) is 0 Å². The summed E-state index contributed by atoms with van der Waals surface area (Å²) < 4.78 is 5.29. The third-order valence-corrected chi connectivity index (χ3v) is 4.89. The molecule has 144 valence electrons. The molecule has 7 heteroatoms. The molecule has 2 heterocycles. The molecule has 7 nitrogen and oxygen atoms in total. The first-order chi connectivity index (χ1) is 12.1. The number of hydrogen-bond donors (Lipinski definition) is 0. The molecule has 0 unspecified atom stereocenters. The van der Waals surface area contributed by atoms with E-state index in [2.05, 4.69) is 23.6 Å².